The molecule has 3 aromatic carbocycles. The molecule has 0 aliphatic carbocycles. The van der Waals surface area contributed by atoms with Crippen LogP contribution in [-0.2, 0) is 17.8 Å². The molecule has 0 bridgehead atoms. The van der Waals surface area contributed by atoms with Crippen molar-refractivity contribution in [3.8, 4) is 23.0 Å². The summed E-state index contributed by atoms with van der Waals surface area (Å²) in [5.74, 6) is 1.91. The summed E-state index contributed by atoms with van der Waals surface area (Å²) in [7, 11) is 2.96. The quantitative estimate of drug-likeness (QED) is 0.350. The second-order valence-electron chi connectivity index (χ2n) is 8.46. The summed E-state index contributed by atoms with van der Waals surface area (Å²) in [6.07, 6.45) is 0. The normalized spacial score (nSPS) is 13.1. The minimum atomic E-state index is -0.448. The van der Waals surface area contributed by atoms with Crippen LogP contribution in [0.5, 0.6) is 23.0 Å². The molecule has 4 aromatic rings. The van der Waals surface area contributed by atoms with Gasteiger partial charge in [0.1, 0.15) is 35.3 Å². The SMILES string of the molecule is COC(=O)c1ccc(Oc2c(C)oc3c4c(ccc3c2=O)OCN(Cc2ccc(OC)cc2)C4)cc1. The lowest BCUT2D eigenvalue weighted by Crippen LogP contribution is -2.31. The number of carbonyl (C=O) groups is 1. The van der Waals surface area contributed by atoms with Crippen molar-refractivity contribution in [2.24, 2.45) is 0 Å². The lowest BCUT2D eigenvalue weighted by molar-refractivity contribution is 0.0600. The molecule has 0 spiro atoms. The molecule has 36 heavy (non-hydrogen) atoms. The van der Waals surface area contributed by atoms with Gasteiger partial charge in [-0.15, -0.1) is 0 Å². The van der Waals surface area contributed by atoms with Crippen molar-refractivity contribution in [2.75, 3.05) is 21.0 Å². The molecule has 2 heterocycles. The highest BCUT2D eigenvalue weighted by Crippen LogP contribution is 2.34. The van der Waals surface area contributed by atoms with E-state index < -0.39 is 5.97 Å². The van der Waals surface area contributed by atoms with Crippen molar-refractivity contribution in [1.29, 1.82) is 0 Å². The van der Waals surface area contributed by atoms with Gasteiger partial charge in [0.2, 0.25) is 11.2 Å². The van der Waals surface area contributed by atoms with Crippen LogP contribution < -0.4 is 19.6 Å². The first kappa shape index (κ1) is 23.4. The van der Waals surface area contributed by atoms with Gasteiger partial charge in [-0.25, -0.2) is 4.79 Å². The Kier molecular flexibility index (Phi) is 6.35. The van der Waals surface area contributed by atoms with Crippen LogP contribution in [0.15, 0.2) is 69.9 Å². The molecule has 184 valence electrons. The van der Waals surface area contributed by atoms with Gasteiger partial charge in [0.25, 0.3) is 0 Å². The van der Waals surface area contributed by atoms with E-state index >= 15 is 0 Å². The van der Waals surface area contributed by atoms with E-state index in [4.69, 9.17) is 23.4 Å². The second-order valence-corrected chi connectivity index (χ2v) is 8.46. The maximum atomic E-state index is 13.4. The molecule has 0 radical (unpaired) electrons. The number of hydrogen-bond donors (Lipinski definition) is 0. The number of fused-ring (bicyclic) bond motifs is 3. The van der Waals surface area contributed by atoms with Crippen LogP contribution in [0.25, 0.3) is 11.0 Å². The summed E-state index contributed by atoms with van der Waals surface area (Å²) in [5.41, 5.74) is 2.54. The van der Waals surface area contributed by atoms with Gasteiger partial charge in [0.05, 0.1) is 30.7 Å². The summed E-state index contributed by atoms with van der Waals surface area (Å²) in [4.78, 5) is 27.2. The highest BCUT2D eigenvalue weighted by molar-refractivity contribution is 5.89. The Hall–Kier alpha value is -4.30. The highest BCUT2D eigenvalue weighted by Gasteiger charge is 2.24. The molecule has 0 unspecified atom stereocenters. The van der Waals surface area contributed by atoms with Gasteiger partial charge in [-0.2, -0.15) is 0 Å². The number of methoxy groups -OCH3 is 2. The molecule has 0 amide bonds. The molecule has 0 N–H and O–H groups in total. The Labute approximate surface area is 207 Å². The number of hydrogen-bond acceptors (Lipinski definition) is 8. The van der Waals surface area contributed by atoms with Crippen molar-refractivity contribution in [2.45, 2.75) is 20.0 Å². The Morgan fingerprint density at radius 2 is 1.69 bits per heavy atom. The molecule has 0 saturated heterocycles. The second kappa shape index (κ2) is 9.75. The fourth-order valence-corrected chi connectivity index (χ4v) is 4.21. The largest absolute Gasteiger partial charge is 0.497 e. The maximum absolute atomic E-state index is 13.4. The first-order chi connectivity index (χ1) is 17.5. The van der Waals surface area contributed by atoms with Crippen LogP contribution in [0.2, 0.25) is 0 Å². The minimum Gasteiger partial charge on any atom is -0.497 e. The van der Waals surface area contributed by atoms with Gasteiger partial charge < -0.3 is 23.4 Å². The molecule has 5 rings (SSSR count). The Bertz CT molecular complexity index is 1470. The average molecular weight is 488 g/mol. The number of nitrogens with zero attached hydrogens (tertiary/aromatic N) is 1. The van der Waals surface area contributed by atoms with Crippen LogP contribution in [0.1, 0.15) is 27.2 Å². The van der Waals surface area contributed by atoms with E-state index in [0.29, 0.717) is 53.6 Å². The molecule has 8 nitrogen and oxygen atoms in total. The number of rotatable bonds is 6. The van der Waals surface area contributed by atoms with Gasteiger partial charge in [-0.3, -0.25) is 9.69 Å². The van der Waals surface area contributed by atoms with E-state index in [1.807, 2.05) is 24.3 Å². The van der Waals surface area contributed by atoms with E-state index in [1.165, 1.54) is 7.11 Å². The number of aryl methyl sites for hydroxylation is 1. The predicted molar refractivity (Wildman–Crippen MR) is 133 cm³/mol. The third kappa shape index (κ3) is 4.50. The highest BCUT2D eigenvalue weighted by atomic mass is 16.5. The summed E-state index contributed by atoms with van der Waals surface area (Å²) >= 11 is 0. The predicted octanol–water partition coefficient (Wildman–Crippen LogP) is 5.04. The smallest absolute Gasteiger partial charge is 0.337 e. The maximum Gasteiger partial charge on any atom is 0.337 e. The molecular formula is C28H25NO7. The monoisotopic (exact) mass is 487 g/mol. The van der Waals surface area contributed by atoms with Crippen LogP contribution in [-0.4, -0.2) is 31.8 Å². The van der Waals surface area contributed by atoms with Crippen molar-refractivity contribution in [3.05, 3.63) is 93.3 Å². The van der Waals surface area contributed by atoms with Crippen LogP contribution in [0, 0.1) is 6.92 Å². The van der Waals surface area contributed by atoms with Crippen LogP contribution >= 0.6 is 0 Å². The molecule has 0 fully saturated rings. The van der Waals surface area contributed by atoms with E-state index in [2.05, 4.69) is 4.90 Å². The molecule has 1 aromatic heterocycles. The van der Waals surface area contributed by atoms with Crippen molar-refractivity contribution in [1.82, 2.24) is 4.90 Å². The van der Waals surface area contributed by atoms with Gasteiger partial charge >= 0.3 is 5.97 Å². The van der Waals surface area contributed by atoms with Gasteiger partial charge in [-0.1, -0.05) is 12.1 Å². The van der Waals surface area contributed by atoms with E-state index in [9.17, 15) is 9.59 Å². The zero-order valence-electron chi connectivity index (χ0n) is 20.2. The van der Waals surface area contributed by atoms with E-state index in [0.717, 1.165) is 16.9 Å². The van der Waals surface area contributed by atoms with E-state index in [-0.39, 0.29) is 11.2 Å². The lowest BCUT2D eigenvalue weighted by atomic mass is 10.1. The van der Waals surface area contributed by atoms with Crippen LogP contribution in [0.3, 0.4) is 0 Å². The van der Waals surface area contributed by atoms with Gasteiger partial charge in [0.15, 0.2) is 0 Å². The molecule has 1 aliphatic heterocycles. The standard InChI is InChI=1S/C28H25NO7/c1-17-26(36-21-10-6-19(7-11-21)28(31)33-3)25(30)22-12-13-24-23(27(22)35-17)15-29(16-34-24)14-18-4-8-20(32-2)9-5-18/h4-13H,14-16H2,1-3H3. The molecule has 0 atom stereocenters. The first-order valence-electron chi connectivity index (χ1n) is 11.4. The number of benzene rings is 3. The number of ether oxygens (including phenoxy) is 4. The Morgan fingerprint density at radius 3 is 2.39 bits per heavy atom. The van der Waals surface area contributed by atoms with E-state index in [1.54, 1.807) is 50.4 Å². The third-order valence-corrected chi connectivity index (χ3v) is 6.09. The number of carbonyl (C=O) groups excluding carboxylic acids is 1. The minimum absolute atomic E-state index is 0.0973. The lowest BCUT2D eigenvalue weighted by Gasteiger charge is -2.29. The van der Waals surface area contributed by atoms with Gasteiger partial charge in [0, 0.05) is 13.1 Å². The topological polar surface area (TPSA) is 87.4 Å². The molecule has 8 heteroatoms. The van der Waals surface area contributed by atoms with Crippen molar-refractivity contribution >= 4 is 16.9 Å². The Balaban J connectivity index is 1.43. The molecule has 0 saturated carbocycles. The van der Waals surface area contributed by atoms with Gasteiger partial charge in [-0.05, 0) is 61.0 Å². The molecule has 1 aliphatic rings. The zero-order valence-corrected chi connectivity index (χ0v) is 20.2. The average Bonchev–Trinajstić information content (AvgIpc) is 2.91. The zero-order chi connectivity index (χ0) is 25.2. The van der Waals surface area contributed by atoms with Crippen LogP contribution in [0.4, 0.5) is 0 Å². The number of esters is 1. The third-order valence-electron chi connectivity index (χ3n) is 6.09. The van der Waals surface area contributed by atoms with Crippen molar-refractivity contribution in [3.63, 3.8) is 0 Å². The summed E-state index contributed by atoms with van der Waals surface area (Å²) in [5, 5.41) is 0.412. The molecular weight excluding hydrogens is 462 g/mol. The summed E-state index contributed by atoms with van der Waals surface area (Å²) < 4.78 is 27.9. The fraction of sp³-hybridized carbons (Fsp3) is 0.214. The fourth-order valence-electron chi connectivity index (χ4n) is 4.21. The Morgan fingerprint density at radius 1 is 0.972 bits per heavy atom. The summed E-state index contributed by atoms with van der Waals surface area (Å²) in [6, 6.07) is 17.7. The van der Waals surface area contributed by atoms with Crippen molar-refractivity contribution < 1.29 is 28.2 Å². The first-order valence-corrected chi connectivity index (χ1v) is 11.4. The summed E-state index contributed by atoms with van der Waals surface area (Å²) in [6.45, 7) is 3.36.